The lowest BCUT2D eigenvalue weighted by molar-refractivity contribution is -0.114. The van der Waals surface area contributed by atoms with Crippen molar-refractivity contribution in [2.75, 3.05) is 18.4 Å². The number of amides is 1. The molecule has 0 fully saturated rings. The van der Waals surface area contributed by atoms with Crippen molar-refractivity contribution in [3.63, 3.8) is 0 Å². The number of rotatable bonds is 6. The molecule has 0 unspecified atom stereocenters. The maximum Gasteiger partial charge on any atom is 0.246 e. The molecule has 0 aromatic heterocycles. The molecule has 2 aromatic rings. The molecule has 0 saturated heterocycles. The Labute approximate surface area is 173 Å². The third-order valence-corrected chi connectivity index (χ3v) is 3.92. The second kappa shape index (κ2) is 11.1. The highest BCUT2D eigenvalue weighted by Gasteiger charge is 2.05. The van der Waals surface area contributed by atoms with Gasteiger partial charge in [0.1, 0.15) is 6.54 Å². The fourth-order valence-electron chi connectivity index (χ4n) is 2.11. The van der Waals surface area contributed by atoms with Gasteiger partial charge < -0.3 is 16.4 Å². The maximum absolute atomic E-state index is 12.0. The first-order valence-electron chi connectivity index (χ1n) is 7.68. The minimum absolute atomic E-state index is 0. The van der Waals surface area contributed by atoms with Crippen LogP contribution in [0.4, 0.5) is 5.69 Å². The van der Waals surface area contributed by atoms with Crippen LogP contribution in [-0.2, 0) is 11.2 Å². The number of anilines is 1. The second-order valence-corrected chi connectivity index (χ2v) is 6.29. The smallest absolute Gasteiger partial charge is 0.246 e. The van der Waals surface area contributed by atoms with Crippen LogP contribution in [0.1, 0.15) is 11.1 Å². The summed E-state index contributed by atoms with van der Waals surface area (Å²) in [7, 11) is 0. The Morgan fingerprint density at radius 2 is 1.92 bits per heavy atom. The minimum atomic E-state index is -0.205. The zero-order valence-electron chi connectivity index (χ0n) is 14.0. The zero-order valence-corrected chi connectivity index (χ0v) is 17.9. The number of carbonyl (C=O) groups excluding carboxylic acids is 1. The molecular formula is C18H22BrIN4O. The van der Waals surface area contributed by atoms with Crippen molar-refractivity contribution in [1.29, 1.82) is 0 Å². The highest BCUT2D eigenvalue weighted by Crippen LogP contribution is 2.20. The van der Waals surface area contributed by atoms with Gasteiger partial charge in [-0.15, -0.1) is 24.0 Å². The summed E-state index contributed by atoms with van der Waals surface area (Å²) in [6.07, 6.45) is 0.848. The standard InChI is InChI=1S/C18H21BrN4O.HI/c1-13-7-8-15(19)11-16(13)23-17(24)12-22-18(20)21-10-9-14-5-3-2-4-6-14;/h2-8,11H,9-10,12H2,1H3,(H,23,24)(H3,20,21,22);1H. The van der Waals surface area contributed by atoms with E-state index in [0.29, 0.717) is 6.54 Å². The van der Waals surface area contributed by atoms with Crippen LogP contribution in [0.25, 0.3) is 0 Å². The number of aryl methyl sites for hydroxylation is 1. The van der Waals surface area contributed by atoms with Gasteiger partial charge in [0.25, 0.3) is 0 Å². The lowest BCUT2D eigenvalue weighted by Gasteiger charge is -2.08. The first-order valence-corrected chi connectivity index (χ1v) is 8.47. The average Bonchev–Trinajstić information content (AvgIpc) is 2.57. The lowest BCUT2D eigenvalue weighted by atomic mass is 10.1. The molecule has 0 bridgehead atoms. The molecule has 0 atom stereocenters. The summed E-state index contributed by atoms with van der Waals surface area (Å²) in [5.41, 5.74) is 8.76. The first kappa shape index (κ1) is 21.4. The number of nitrogens with zero attached hydrogens (tertiary/aromatic N) is 1. The van der Waals surface area contributed by atoms with Gasteiger partial charge in [-0.3, -0.25) is 4.79 Å². The molecule has 2 rings (SSSR count). The monoisotopic (exact) mass is 516 g/mol. The van der Waals surface area contributed by atoms with Crippen LogP contribution in [0, 0.1) is 6.92 Å². The number of benzene rings is 2. The predicted octanol–water partition coefficient (Wildman–Crippen LogP) is 3.46. The molecule has 25 heavy (non-hydrogen) atoms. The third kappa shape index (κ3) is 7.87. The normalized spacial score (nSPS) is 10.7. The number of carbonyl (C=O) groups is 1. The fraction of sp³-hybridized carbons (Fsp3) is 0.222. The number of nitrogens with two attached hydrogens (primary N) is 1. The van der Waals surface area contributed by atoms with Crippen molar-refractivity contribution >= 4 is 57.5 Å². The van der Waals surface area contributed by atoms with E-state index in [1.165, 1.54) is 5.56 Å². The molecule has 7 heteroatoms. The van der Waals surface area contributed by atoms with Gasteiger partial charge in [-0.25, -0.2) is 4.99 Å². The minimum Gasteiger partial charge on any atom is -0.370 e. The molecule has 0 spiro atoms. The number of guanidine groups is 1. The summed E-state index contributed by atoms with van der Waals surface area (Å²) < 4.78 is 0.911. The first-order chi connectivity index (χ1) is 11.5. The Kier molecular flexibility index (Phi) is 9.51. The summed E-state index contributed by atoms with van der Waals surface area (Å²) in [5, 5.41) is 5.84. The second-order valence-electron chi connectivity index (χ2n) is 5.37. The van der Waals surface area contributed by atoms with Crippen molar-refractivity contribution in [1.82, 2.24) is 5.32 Å². The molecule has 0 saturated carbocycles. The highest BCUT2D eigenvalue weighted by atomic mass is 127. The van der Waals surface area contributed by atoms with Crippen LogP contribution in [-0.4, -0.2) is 25.0 Å². The van der Waals surface area contributed by atoms with Gasteiger partial charge >= 0.3 is 0 Å². The Bertz CT molecular complexity index is 722. The van der Waals surface area contributed by atoms with Gasteiger partial charge in [0.2, 0.25) is 5.91 Å². The number of aliphatic imine (C=N–C) groups is 1. The Hall–Kier alpha value is -1.61. The number of halogens is 2. The molecule has 0 radical (unpaired) electrons. The maximum atomic E-state index is 12.0. The van der Waals surface area contributed by atoms with Gasteiger partial charge in [-0.2, -0.15) is 0 Å². The summed E-state index contributed by atoms with van der Waals surface area (Å²) >= 11 is 3.39. The SMILES string of the molecule is Cc1ccc(Br)cc1NC(=O)CN=C(N)NCCc1ccccc1.I. The molecular weight excluding hydrogens is 495 g/mol. The molecule has 0 aliphatic heterocycles. The Balaban J connectivity index is 0.00000312. The van der Waals surface area contributed by atoms with Crippen LogP contribution >= 0.6 is 39.9 Å². The van der Waals surface area contributed by atoms with Crippen LogP contribution < -0.4 is 16.4 Å². The van der Waals surface area contributed by atoms with Gasteiger partial charge in [-0.1, -0.05) is 52.3 Å². The molecule has 0 aliphatic carbocycles. The molecule has 0 aliphatic rings. The van der Waals surface area contributed by atoms with E-state index in [9.17, 15) is 4.79 Å². The van der Waals surface area contributed by atoms with E-state index in [1.807, 2.05) is 43.3 Å². The van der Waals surface area contributed by atoms with Gasteiger partial charge in [0.15, 0.2) is 5.96 Å². The summed E-state index contributed by atoms with van der Waals surface area (Å²) in [6.45, 7) is 2.59. The van der Waals surface area contributed by atoms with E-state index in [4.69, 9.17) is 5.73 Å². The van der Waals surface area contributed by atoms with Crippen LogP contribution in [0.3, 0.4) is 0 Å². The third-order valence-electron chi connectivity index (χ3n) is 3.43. The zero-order chi connectivity index (χ0) is 17.4. The van der Waals surface area contributed by atoms with Crippen LogP contribution in [0.15, 0.2) is 58.0 Å². The van der Waals surface area contributed by atoms with E-state index < -0.39 is 0 Å². The lowest BCUT2D eigenvalue weighted by Crippen LogP contribution is -2.34. The van der Waals surface area contributed by atoms with Crippen molar-refractivity contribution < 1.29 is 4.79 Å². The molecule has 2 aromatic carbocycles. The van der Waals surface area contributed by atoms with Gasteiger partial charge in [0, 0.05) is 16.7 Å². The van der Waals surface area contributed by atoms with E-state index >= 15 is 0 Å². The summed E-state index contributed by atoms with van der Waals surface area (Å²) in [5.74, 6) is 0.0658. The molecule has 4 N–H and O–H groups in total. The highest BCUT2D eigenvalue weighted by molar-refractivity contribution is 14.0. The number of hydrogen-bond acceptors (Lipinski definition) is 2. The van der Waals surface area contributed by atoms with Crippen molar-refractivity contribution in [3.05, 3.63) is 64.1 Å². The van der Waals surface area contributed by atoms with Crippen molar-refractivity contribution in [3.8, 4) is 0 Å². The Morgan fingerprint density at radius 1 is 1.20 bits per heavy atom. The topological polar surface area (TPSA) is 79.5 Å². The molecule has 5 nitrogen and oxygen atoms in total. The quantitative estimate of drug-likeness (QED) is 0.312. The molecule has 1 amide bonds. The van der Waals surface area contributed by atoms with Crippen molar-refractivity contribution in [2.24, 2.45) is 10.7 Å². The average molecular weight is 517 g/mol. The molecule has 134 valence electrons. The van der Waals surface area contributed by atoms with Gasteiger partial charge in [0.05, 0.1) is 0 Å². The van der Waals surface area contributed by atoms with E-state index in [1.54, 1.807) is 0 Å². The number of nitrogens with one attached hydrogen (secondary N) is 2. The summed E-state index contributed by atoms with van der Waals surface area (Å²) in [6, 6.07) is 15.8. The predicted molar refractivity (Wildman–Crippen MR) is 118 cm³/mol. The summed E-state index contributed by atoms with van der Waals surface area (Å²) in [4.78, 5) is 16.0. The van der Waals surface area contributed by atoms with E-state index in [0.717, 1.165) is 22.1 Å². The van der Waals surface area contributed by atoms with E-state index in [2.05, 4.69) is 43.7 Å². The Morgan fingerprint density at radius 3 is 2.64 bits per heavy atom. The largest absolute Gasteiger partial charge is 0.370 e. The van der Waals surface area contributed by atoms with Crippen LogP contribution in [0.2, 0.25) is 0 Å². The molecule has 0 heterocycles. The number of hydrogen-bond donors (Lipinski definition) is 3. The van der Waals surface area contributed by atoms with Crippen LogP contribution in [0.5, 0.6) is 0 Å². The van der Waals surface area contributed by atoms with Crippen molar-refractivity contribution in [2.45, 2.75) is 13.3 Å². The fourth-order valence-corrected chi connectivity index (χ4v) is 2.47. The van der Waals surface area contributed by atoms with E-state index in [-0.39, 0.29) is 42.4 Å². The van der Waals surface area contributed by atoms with Gasteiger partial charge in [-0.05, 0) is 36.6 Å².